The van der Waals surface area contributed by atoms with Crippen LogP contribution in [0.3, 0.4) is 0 Å². The van der Waals surface area contributed by atoms with E-state index in [1.807, 2.05) is 0 Å². The fourth-order valence-corrected chi connectivity index (χ4v) is 1.25. The first-order valence-corrected chi connectivity index (χ1v) is 4.59. The quantitative estimate of drug-likeness (QED) is 0.255. The van der Waals surface area contributed by atoms with Crippen LogP contribution in [-0.2, 0) is 35.8 Å². The van der Waals surface area contributed by atoms with E-state index >= 15 is 0 Å². The average Bonchev–Trinajstić information content (AvgIpc) is 1.14. The Hall–Kier alpha value is 2.99. The van der Waals surface area contributed by atoms with Crippen LogP contribution in [0.25, 0.3) is 0 Å². The van der Waals surface area contributed by atoms with Crippen molar-refractivity contribution < 1.29 is 58.2 Å². The summed E-state index contributed by atoms with van der Waals surface area (Å²) in [7, 11) is -10.1. The molecule has 7 nitrogen and oxygen atoms in total. The fourth-order valence-electron chi connectivity index (χ4n) is 0.139. The van der Waals surface area contributed by atoms with Gasteiger partial charge in [-0.15, -0.1) is 24.0 Å². The molecule has 0 heterocycles. The zero-order valence-corrected chi connectivity index (χ0v) is 13.1. The van der Waals surface area contributed by atoms with Crippen LogP contribution in [0.5, 0.6) is 0 Å². The molecule has 0 amide bonds. The van der Waals surface area contributed by atoms with Crippen LogP contribution in [0.2, 0.25) is 0 Å². The Labute approximate surface area is 134 Å². The molecule has 0 rings (SSSR count). The predicted molar refractivity (Wildman–Crippen MR) is 48.6 cm³/mol. The largest absolute Gasteiger partial charge is 2.00 e. The summed E-state index contributed by atoms with van der Waals surface area (Å²) in [5.74, 6) is 0. The topological polar surface area (TPSA) is 124 Å². The summed E-state index contributed by atoms with van der Waals surface area (Å²) < 4.78 is 22.2. The van der Waals surface area contributed by atoms with Crippen LogP contribution < -0.4 is 0 Å². The molecule has 0 unspecified atom stereocenters. The van der Waals surface area contributed by atoms with E-state index in [-0.39, 0.29) is 86.9 Å². The van der Waals surface area contributed by atoms with Crippen molar-refractivity contribution in [1.82, 2.24) is 0 Å². The second kappa shape index (κ2) is 9.23. The molecular formula is H7AgCaIO7P2. The Morgan fingerprint density at radius 1 is 1.00 bits per heavy atom. The van der Waals surface area contributed by atoms with Gasteiger partial charge < -0.3 is 22.4 Å². The Balaban J connectivity index is -0.0000000320. The van der Waals surface area contributed by atoms with Crippen molar-refractivity contribution in [3.05, 3.63) is 0 Å². The van der Waals surface area contributed by atoms with Gasteiger partial charge in [-0.05, 0) is 0 Å². The van der Waals surface area contributed by atoms with E-state index in [4.69, 9.17) is 19.6 Å². The second-order valence-corrected chi connectivity index (χ2v) is 3.68. The first kappa shape index (κ1) is 24.3. The Bertz CT molecular complexity index is 170. The van der Waals surface area contributed by atoms with Gasteiger partial charge in [0.05, 0.1) is 0 Å². The molecule has 0 bridgehead atoms. The Kier molecular flexibility index (Phi) is 18.7. The normalized spacial score (nSPS) is 10.3. The summed E-state index contributed by atoms with van der Waals surface area (Å²) in [6, 6.07) is 0. The van der Waals surface area contributed by atoms with Crippen molar-refractivity contribution in [1.29, 1.82) is 0 Å². The molecule has 0 fully saturated rings. The van der Waals surface area contributed by atoms with E-state index in [0.29, 0.717) is 0 Å². The minimum absolute atomic E-state index is 0. The zero-order valence-electron chi connectivity index (χ0n) is 7.32. The maximum Gasteiger partial charge on any atom is 2.00 e. The standard InChI is InChI=1S/Ag.Ca.HI.H4O7P2.2H/c;;;1-8(2,3)7-9(4,5)6;;/h;;1H;(H2,1,2,3)(H2,4,5,6);;/q;+2;;;2*-1. The Morgan fingerprint density at radius 2 is 1.17 bits per heavy atom. The maximum atomic E-state index is 9.63. The molecule has 4 N–H and O–H groups in total. The van der Waals surface area contributed by atoms with Gasteiger partial charge in [-0.3, -0.25) is 0 Å². The zero-order chi connectivity index (χ0) is 7.71. The molecule has 0 saturated heterocycles. The van der Waals surface area contributed by atoms with Gasteiger partial charge >= 0.3 is 53.4 Å². The van der Waals surface area contributed by atoms with E-state index in [1.54, 1.807) is 0 Å². The van der Waals surface area contributed by atoms with Crippen LogP contribution >= 0.6 is 39.6 Å². The van der Waals surface area contributed by atoms with Crippen LogP contribution in [-0.4, -0.2) is 57.3 Å². The van der Waals surface area contributed by atoms with Crippen molar-refractivity contribution >= 4 is 77.4 Å². The summed E-state index contributed by atoms with van der Waals surface area (Å²) in [6.45, 7) is 0. The summed E-state index contributed by atoms with van der Waals surface area (Å²) in [4.78, 5) is 31.0. The number of hydrogen-bond donors (Lipinski definition) is 4. The molecular weight excluding hydrogens is 449 g/mol. The molecule has 79 valence electrons. The van der Waals surface area contributed by atoms with Crippen LogP contribution in [0.1, 0.15) is 2.85 Å². The molecule has 1 radical (unpaired) electrons. The van der Waals surface area contributed by atoms with E-state index in [1.165, 1.54) is 0 Å². The number of halogens is 1. The van der Waals surface area contributed by atoms with Crippen molar-refractivity contribution in [2.45, 2.75) is 0 Å². The van der Waals surface area contributed by atoms with Crippen LogP contribution in [0.4, 0.5) is 0 Å². The molecule has 0 aliphatic heterocycles. The monoisotopic (exact) mass is 455 g/mol. The predicted octanol–water partition coefficient (Wildman–Crippen LogP) is -0.352. The second-order valence-electron chi connectivity index (χ2n) is 1.06. The first-order chi connectivity index (χ1) is 3.71. The van der Waals surface area contributed by atoms with Crippen molar-refractivity contribution in [3.8, 4) is 0 Å². The van der Waals surface area contributed by atoms with Gasteiger partial charge in [0, 0.05) is 22.4 Å². The minimum Gasteiger partial charge on any atom is -1.00 e. The molecule has 0 saturated carbocycles. The van der Waals surface area contributed by atoms with Crippen LogP contribution in [0, 0.1) is 0 Å². The maximum absolute atomic E-state index is 9.63. The van der Waals surface area contributed by atoms with Crippen molar-refractivity contribution in [3.63, 3.8) is 0 Å². The van der Waals surface area contributed by atoms with Gasteiger partial charge in [0.15, 0.2) is 0 Å². The van der Waals surface area contributed by atoms with Gasteiger partial charge in [0.1, 0.15) is 0 Å². The molecule has 0 spiro atoms. The molecule has 0 aromatic heterocycles. The van der Waals surface area contributed by atoms with Gasteiger partial charge in [-0.2, -0.15) is 4.31 Å². The third kappa shape index (κ3) is 23.1. The van der Waals surface area contributed by atoms with Gasteiger partial charge in [-0.25, -0.2) is 9.13 Å². The molecule has 12 heavy (non-hydrogen) atoms. The smallest absolute Gasteiger partial charge is 1.00 e. The molecule has 0 atom stereocenters. The third-order valence-electron chi connectivity index (χ3n) is 0.213. The minimum atomic E-state index is -5.05. The van der Waals surface area contributed by atoms with E-state index in [0.717, 1.165) is 0 Å². The summed E-state index contributed by atoms with van der Waals surface area (Å²) >= 11 is 0. The van der Waals surface area contributed by atoms with E-state index in [9.17, 15) is 9.13 Å². The molecule has 12 heteroatoms. The SMILES string of the molecule is I.O=P(O)(O)OP(=O)(O)O.[Ag].[Ca+2].[H-].[H-]. The van der Waals surface area contributed by atoms with Gasteiger partial charge in [0.2, 0.25) is 0 Å². The number of phosphoric acid groups is 2. The summed E-state index contributed by atoms with van der Waals surface area (Å²) in [5.41, 5.74) is 0. The van der Waals surface area contributed by atoms with Gasteiger partial charge in [0.25, 0.3) is 0 Å². The summed E-state index contributed by atoms with van der Waals surface area (Å²) in [6.07, 6.45) is 0. The molecule has 0 aromatic carbocycles. The molecule has 0 aromatic rings. The van der Waals surface area contributed by atoms with Crippen molar-refractivity contribution in [2.75, 3.05) is 0 Å². The number of rotatable bonds is 2. The van der Waals surface area contributed by atoms with Gasteiger partial charge in [-0.1, -0.05) is 0 Å². The Morgan fingerprint density at radius 3 is 1.17 bits per heavy atom. The summed E-state index contributed by atoms with van der Waals surface area (Å²) in [5, 5.41) is 0. The van der Waals surface area contributed by atoms with Crippen molar-refractivity contribution in [2.24, 2.45) is 0 Å². The van der Waals surface area contributed by atoms with Crippen LogP contribution in [0.15, 0.2) is 0 Å². The molecule has 0 aliphatic carbocycles. The number of hydrogen-bond acceptors (Lipinski definition) is 3. The van der Waals surface area contributed by atoms with E-state index in [2.05, 4.69) is 4.31 Å². The first-order valence-electron chi connectivity index (χ1n) is 1.53. The van der Waals surface area contributed by atoms with E-state index < -0.39 is 15.6 Å². The average molecular weight is 456 g/mol. The third-order valence-corrected chi connectivity index (χ3v) is 1.91. The molecule has 0 aliphatic rings. The fraction of sp³-hybridized carbons (Fsp3) is 0.